The fourth-order valence-electron chi connectivity index (χ4n) is 3.51. The van der Waals surface area contributed by atoms with Crippen molar-refractivity contribution in [3.63, 3.8) is 0 Å². The number of aryl methyl sites for hydroxylation is 1. The van der Waals surface area contributed by atoms with Crippen LogP contribution in [0.5, 0.6) is 0 Å². The lowest BCUT2D eigenvalue weighted by Gasteiger charge is -2.22. The van der Waals surface area contributed by atoms with E-state index in [1.807, 2.05) is 6.07 Å². The fraction of sp³-hybridized carbons (Fsp3) is 0.500. The Bertz CT molecular complexity index is 667. The minimum absolute atomic E-state index is 0.362. The second-order valence-corrected chi connectivity index (χ2v) is 5.64. The van der Waals surface area contributed by atoms with Gasteiger partial charge in [0.25, 0.3) is 0 Å². The number of nitrogens with one attached hydrogen (secondary N) is 1. The van der Waals surface area contributed by atoms with Gasteiger partial charge in [0.2, 0.25) is 0 Å². The van der Waals surface area contributed by atoms with Crippen LogP contribution in [0.3, 0.4) is 0 Å². The normalized spacial score (nSPS) is 25.9. The predicted molar refractivity (Wildman–Crippen MR) is 79.4 cm³/mol. The van der Waals surface area contributed by atoms with Crippen LogP contribution in [0.1, 0.15) is 38.1 Å². The third kappa shape index (κ3) is 1.99. The Kier molecular flexibility index (Phi) is 3.23. The molecule has 0 bridgehead atoms. The third-order valence-corrected chi connectivity index (χ3v) is 4.35. The molecule has 0 saturated heterocycles. The second-order valence-electron chi connectivity index (χ2n) is 5.64. The highest BCUT2D eigenvalue weighted by Crippen LogP contribution is 2.39. The number of hydrogen-bond acceptors (Lipinski definition) is 3. The zero-order valence-corrected chi connectivity index (χ0v) is 12.1. The standard InChI is InChI=1S/C16H20N4/c1-3-18-16(11-17)9-8-13(10-16)20-12(2)19-14-6-4-5-7-15(14)20/h4-7,13,18H,3,8-10H2,1-2H3. The molecule has 0 aliphatic heterocycles. The SMILES string of the molecule is CCNC1(C#N)CCC(n2c(C)nc3ccccc32)C1. The van der Waals surface area contributed by atoms with Crippen LogP contribution in [0.15, 0.2) is 24.3 Å². The van der Waals surface area contributed by atoms with Gasteiger partial charge in [0.05, 0.1) is 17.1 Å². The maximum Gasteiger partial charge on any atom is 0.108 e. The predicted octanol–water partition coefficient (Wildman–Crippen LogP) is 2.94. The molecule has 1 aromatic heterocycles. The van der Waals surface area contributed by atoms with Gasteiger partial charge in [-0.05, 0) is 44.9 Å². The van der Waals surface area contributed by atoms with E-state index in [1.54, 1.807) is 0 Å². The summed E-state index contributed by atoms with van der Waals surface area (Å²) < 4.78 is 2.31. The lowest BCUT2D eigenvalue weighted by molar-refractivity contribution is 0.409. The van der Waals surface area contributed by atoms with Crippen LogP contribution in [0.2, 0.25) is 0 Å². The first kappa shape index (κ1) is 13.1. The van der Waals surface area contributed by atoms with Crippen molar-refractivity contribution in [2.24, 2.45) is 0 Å². The van der Waals surface area contributed by atoms with Gasteiger partial charge in [-0.15, -0.1) is 0 Å². The van der Waals surface area contributed by atoms with E-state index in [-0.39, 0.29) is 5.54 Å². The number of rotatable bonds is 3. The van der Waals surface area contributed by atoms with Crippen LogP contribution in [-0.4, -0.2) is 21.6 Å². The molecule has 2 aromatic rings. The lowest BCUT2D eigenvalue weighted by atomic mass is 9.99. The van der Waals surface area contributed by atoms with E-state index in [2.05, 4.69) is 53.0 Å². The molecule has 1 aromatic carbocycles. The Morgan fingerprint density at radius 1 is 1.50 bits per heavy atom. The molecule has 1 N–H and O–H groups in total. The Hall–Kier alpha value is -1.86. The second kappa shape index (κ2) is 4.92. The Morgan fingerprint density at radius 2 is 2.30 bits per heavy atom. The average Bonchev–Trinajstić information content (AvgIpc) is 3.00. The van der Waals surface area contributed by atoms with Crippen molar-refractivity contribution < 1.29 is 0 Å². The average molecular weight is 268 g/mol. The third-order valence-electron chi connectivity index (χ3n) is 4.35. The van der Waals surface area contributed by atoms with Crippen LogP contribution < -0.4 is 5.32 Å². The maximum absolute atomic E-state index is 9.51. The number of benzene rings is 1. The molecule has 0 spiro atoms. The highest BCUT2D eigenvalue weighted by atomic mass is 15.1. The van der Waals surface area contributed by atoms with Gasteiger partial charge in [0.1, 0.15) is 11.4 Å². The molecule has 2 atom stereocenters. The number of nitriles is 1. The zero-order valence-electron chi connectivity index (χ0n) is 12.1. The molecule has 4 nitrogen and oxygen atoms in total. The van der Waals surface area contributed by atoms with Gasteiger partial charge >= 0.3 is 0 Å². The number of fused-ring (bicyclic) bond motifs is 1. The summed E-state index contributed by atoms with van der Waals surface area (Å²) >= 11 is 0. The monoisotopic (exact) mass is 268 g/mol. The summed E-state index contributed by atoms with van der Waals surface area (Å²) in [5, 5.41) is 12.9. The number of para-hydroxylation sites is 2. The maximum atomic E-state index is 9.51. The summed E-state index contributed by atoms with van der Waals surface area (Å²) in [4.78, 5) is 4.64. The summed E-state index contributed by atoms with van der Waals surface area (Å²) in [7, 11) is 0. The number of nitrogens with zero attached hydrogens (tertiary/aromatic N) is 3. The molecule has 20 heavy (non-hydrogen) atoms. The van der Waals surface area contributed by atoms with Crippen LogP contribution in [0, 0.1) is 18.3 Å². The minimum atomic E-state index is -0.364. The zero-order chi connectivity index (χ0) is 14.2. The first-order valence-corrected chi connectivity index (χ1v) is 7.29. The smallest absolute Gasteiger partial charge is 0.108 e. The highest BCUT2D eigenvalue weighted by Gasteiger charge is 2.40. The summed E-state index contributed by atoms with van der Waals surface area (Å²) in [6, 6.07) is 11.1. The van der Waals surface area contributed by atoms with E-state index in [1.165, 1.54) is 5.52 Å². The van der Waals surface area contributed by atoms with Crippen molar-refractivity contribution in [3.8, 4) is 6.07 Å². The lowest BCUT2D eigenvalue weighted by Crippen LogP contribution is -2.41. The van der Waals surface area contributed by atoms with E-state index < -0.39 is 0 Å². The molecule has 2 unspecified atom stereocenters. The van der Waals surface area contributed by atoms with Crippen molar-refractivity contribution in [2.45, 2.75) is 44.7 Å². The molecular weight excluding hydrogens is 248 g/mol. The van der Waals surface area contributed by atoms with Gasteiger partial charge in [0, 0.05) is 6.04 Å². The van der Waals surface area contributed by atoms with Crippen molar-refractivity contribution in [3.05, 3.63) is 30.1 Å². The van der Waals surface area contributed by atoms with Crippen LogP contribution in [0.25, 0.3) is 11.0 Å². The fourth-order valence-corrected chi connectivity index (χ4v) is 3.51. The summed E-state index contributed by atoms with van der Waals surface area (Å²) in [5.74, 6) is 1.04. The Labute approximate surface area is 119 Å². The first-order chi connectivity index (χ1) is 9.69. The van der Waals surface area contributed by atoms with E-state index >= 15 is 0 Å². The Morgan fingerprint density at radius 3 is 3.05 bits per heavy atom. The van der Waals surface area contributed by atoms with Crippen LogP contribution in [-0.2, 0) is 0 Å². The van der Waals surface area contributed by atoms with Gasteiger partial charge in [-0.1, -0.05) is 19.1 Å². The number of imidazole rings is 1. The molecule has 1 aliphatic carbocycles. The van der Waals surface area contributed by atoms with Crippen LogP contribution >= 0.6 is 0 Å². The molecule has 1 fully saturated rings. The van der Waals surface area contributed by atoms with Crippen LogP contribution in [0.4, 0.5) is 0 Å². The number of hydrogen-bond donors (Lipinski definition) is 1. The molecule has 3 rings (SSSR count). The van der Waals surface area contributed by atoms with Crippen molar-refractivity contribution in [1.82, 2.24) is 14.9 Å². The van der Waals surface area contributed by atoms with E-state index in [0.29, 0.717) is 6.04 Å². The molecule has 0 amide bonds. The quantitative estimate of drug-likeness (QED) is 0.931. The van der Waals surface area contributed by atoms with Crippen molar-refractivity contribution in [2.75, 3.05) is 6.54 Å². The summed E-state index contributed by atoms with van der Waals surface area (Å²) in [5.41, 5.74) is 1.86. The number of aromatic nitrogens is 2. The molecule has 4 heteroatoms. The first-order valence-electron chi connectivity index (χ1n) is 7.29. The van der Waals surface area contributed by atoms with Gasteiger partial charge in [-0.3, -0.25) is 5.32 Å². The summed E-state index contributed by atoms with van der Waals surface area (Å²) in [6.07, 6.45) is 2.80. The Balaban J connectivity index is 1.98. The van der Waals surface area contributed by atoms with E-state index in [0.717, 1.165) is 37.1 Å². The topological polar surface area (TPSA) is 53.6 Å². The molecule has 0 radical (unpaired) electrons. The molecule has 1 saturated carbocycles. The summed E-state index contributed by atoms with van der Waals surface area (Å²) in [6.45, 7) is 4.95. The molecule has 104 valence electrons. The molecular formula is C16H20N4. The van der Waals surface area contributed by atoms with E-state index in [9.17, 15) is 5.26 Å². The van der Waals surface area contributed by atoms with Crippen molar-refractivity contribution in [1.29, 1.82) is 5.26 Å². The van der Waals surface area contributed by atoms with Gasteiger partial charge < -0.3 is 4.57 Å². The van der Waals surface area contributed by atoms with Gasteiger partial charge in [0.15, 0.2) is 0 Å². The minimum Gasteiger partial charge on any atom is -0.325 e. The van der Waals surface area contributed by atoms with Crippen molar-refractivity contribution >= 4 is 11.0 Å². The highest BCUT2D eigenvalue weighted by molar-refractivity contribution is 5.76. The largest absolute Gasteiger partial charge is 0.325 e. The van der Waals surface area contributed by atoms with Gasteiger partial charge in [-0.2, -0.15) is 5.26 Å². The molecule has 1 aliphatic rings. The van der Waals surface area contributed by atoms with Gasteiger partial charge in [-0.25, -0.2) is 4.98 Å². The molecule has 1 heterocycles. The van der Waals surface area contributed by atoms with E-state index in [4.69, 9.17) is 0 Å².